The van der Waals surface area contributed by atoms with Gasteiger partial charge in [-0.2, -0.15) is 4.39 Å². The van der Waals surface area contributed by atoms with Gasteiger partial charge in [0, 0.05) is 50.3 Å². The number of pyridine rings is 1. The van der Waals surface area contributed by atoms with E-state index in [4.69, 9.17) is 11.0 Å². The first-order valence-corrected chi connectivity index (χ1v) is 10.2. The second-order valence-electron chi connectivity index (χ2n) is 7.64. The second kappa shape index (κ2) is 9.54. The minimum atomic E-state index is -0.530. The molecule has 3 aromatic heterocycles. The first-order valence-electron chi connectivity index (χ1n) is 10.2. The zero-order valence-electron chi connectivity index (χ0n) is 17.7. The molecule has 1 aromatic carbocycles. The highest BCUT2D eigenvalue weighted by molar-refractivity contribution is 5.85. The van der Waals surface area contributed by atoms with Gasteiger partial charge in [0.2, 0.25) is 5.95 Å². The maximum Gasteiger partial charge on any atom is 0.213 e. The van der Waals surface area contributed by atoms with Crippen molar-refractivity contribution in [3.8, 4) is 0 Å². The number of nitrogens with zero attached hydrogens (tertiary/aromatic N) is 5. The minimum Gasteiger partial charge on any atom is -0.465 e. The molecule has 0 saturated heterocycles. The molecule has 0 aliphatic heterocycles. The smallest absolute Gasteiger partial charge is 0.213 e. The Morgan fingerprint density at radius 2 is 2.12 bits per heavy atom. The van der Waals surface area contributed by atoms with E-state index in [0.29, 0.717) is 47.4 Å². The lowest BCUT2D eigenvalue weighted by molar-refractivity contribution is 0.245. The molecule has 0 fully saturated rings. The van der Waals surface area contributed by atoms with Crippen molar-refractivity contribution in [1.29, 1.82) is 0 Å². The zero-order valence-corrected chi connectivity index (χ0v) is 17.7. The summed E-state index contributed by atoms with van der Waals surface area (Å²) in [5, 5.41) is 0.459. The van der Waals surface area contributed by atoms with Gasteiger partial charge in [0.1, 0.15) is 5.58 Å². The summed E-state index contributed by atoms with van der Waals surface area (Å²) >= 11 is 0. The fraction of sp³-hybridized carbons (Fsp3) is 0.250. The predicted octanol–water partition coefficient (Wildman–Crippen LogP) is 4.48. The van der Waals surface area contributed by atoms with Crippen molar-refractivity contribution >= 4 is 16.7 Å². The van der Waals surface area contributed by atoms with Gasteiger partial charge >= 0.3 is 0 Å². The fourth-order valence-electron chi connectivity index (χ4n) is 3.75. The maximum atomic E-state index is 13.6. The van der Waals surface area contributed by atoms with Crippen LogP contribution >= 0.6 is 0 Å². The van der Waals surface area contributed by atoms with Gasteiger partial charge in [-0.25, -0.2) is 14.8 Å². The maximum absolute atomic E-state index is 13.6. The number of halogens is 1. The molecule has 8 heteroatoms. The van der Waals surface area contributed by atoms with Crippen LogP contribution < -0.4 is 5.43 Å². The molecule has 0 bridgehead atoms. The third kappa shape index (κ3) is 4.74. The summed E-state index contributed by atoms with van der Waals surface area (Å²) in [5.41, 5.74) is 2.74. The highest BCUT2D eigenvalue weighted by Gasteiger charge is 2.15. The summed E-state index contributed by atoms with van der Waals surface area (Å²) in [4.78, 5) is 26.4. The normalized spacial score (nSPS) is 11.2. The topological polar surface area (TPSA) is 68.5 Å². The molecule has 32 heavy (non-hydrogen) atoms. The summed E-state index contributed by atoms with van der Waals surface area (Å²) in [5.74, 6) is -0.530. The van der Waals surface area contributed by atoms with Crippen molar-refractivity contribution in [3.05, 3.63) is 99.7 Å². The van der Waals surface area contributed by atoms with Gasteiger partial charge in [-0.05, 0) is 36.6 Å². The molecule has 4 rings (SSSR count). The standard InChI is InChI=1S/C24H22FN5O2/c1-17-21(26-2)5-4-20-23(31)19(15-32-24(17)20)14-30(10-3-9-29-11-8-27-16-29)13-18-6-7-28-22(25)12-18/h4-8,11-12,15-16H,3,9-10,13-14H2,1H3. The number of aryl methyl sites for hydroxylation is 2. The monoisotopic (exact) mass is 431 g/mol. The van der Waals surface area contributed by atoms with E-state index in [1.165, 1.54) is 18.5 Å². The van der Waals surface area contributed by atoms with Crippen LogP contribution in [0, 0.1) is 19.4 Å². The van der Waals surface area contributed by atoms with Crippen molar-refractivity contribution in [1.82, 2.24) is 19.4 Å². The predicted molar refractivity (Wildman–Crippen MR) is 119 cm³/mol. The molecule has 0 radical (unpaired) electrons. The van der Waals surface area contributed by atoms with E-state index in [1.807, 2.05) is 10.8 Å². The number of imidazole rings is 1. The number of benzene rings is 1. The van der Waals surface area contributed by atoms with E-state index in [0.717, 1.165) is 18.5 Å². The Morgan fingerprint density at radius 3 is 2.88 bits per heavy atom. The Labute approximate surface area is 184 Å². The van der Waals surface area contributed by atoms with Crippen LogP contribution in [0.5, 0.6) is 0 Å². The molecule has 3 heterocycles. The molecule has 0 aliphatic rings. The van der Waals surface area contributed by atoms with Gasteiger partial charge in [0.05, 0.1) is 24.5 Å². The Morgan fingerprint density at radius 1 is 1.25 bits per heavy atom. The highest BCUT2D eigenvalue weighted by Crippen LogP contribution is 2.26. The third-order valence-corrected chi connectivity index (χ3v) is 5.39. The lowest BCUT2D eigenvalue weighted by atomic mass is 10.1. The summed E-state index contributed by atoms with van der Waals surface area (Å²) in [6, 6.07) is 6.46. The molecule has 0 saturated carbocycles. The average Bonchev–Trinajstić information content (AvgIpc) is 3.29. The Bertz CT molecular complexity index is 1320. The molecule has 7 nitrogen and oxygen atoms in total. The summed E-state index contributed by atoms with van der Waals surface area (Å²) in [7, 11) is 0. The van der Waals surface area contributed by atoms with Gasteiger partial charge in [0.15, 0.2) is 11.1 Å². The van der Waals surface area contributed by atoms with Crippen molar-refractivity contribution < 1.29 is 8.81 Å². The molecular weight excluding hydrogens is 409 g/mol. The molecular formula is C24H22FN5O2. The first-order chi connectivity index (χ1) is 15.5. The van der Waals surface area contributed by atoms with E-state index in [9.17, 15) is 9.18 Å². The van der Waals surface area contributed by atoms with Crippen molar-refractivity contribution in [2.24, 2.45) is 0 Å². The van der Waals surface area contributed by atoms with Crippen molar-refractivity contribution in [2.45, 2.75) is 33.0 Å². The summed E-state index contributed by atoms with van der Waals surface area (Å²) in [6.07, 6.45) is 9.15. The molecule has 0 N–H and O–H groups in total. The van der Waals surface area contributed by atoms with Crippen molar-refractivity contribution in [3.63, 3.8) is 0 Å². The van der Waals surface area contributed by atoms with Gasteiger partial charge in [-0.15, -0.1) is 0 Å². The molecule has 4 aromatic rings. The van der Waals surface area contributed by atoms with Crippen LogP contribution in [0.15, 0.2) is 64.7 Å². The van der Waals surface area contributed by atoms with Crippen LogP contribution in [-0.4, -0.2) is 26.0 Å². The minimum absolute atomic E-state index is 0.119. The average molecular weight is 431 g/mol. The van der Waals surface area contributed by atoms with E-state index < -0.39 is 5.95 Å². The quantitative estimate of drug-likeness (QED) is 0.304. The number of hydrogen-bond acceptors (Lipinski definition) is 5. The van der Waals surface area contributed by atoms with Crippen LogP contribution in [0.4, 0.5) is 10.1 Å². The lowest BCUT2D eigenvalue weighted by Crippen LogP contribution is -2.27. The number of fused-ring (bicyclic) bond motifs is 1. The fourth-order valence-corrected chi connectivity index (χ4v) is 3.75. The van der Waals surface area contributed by atoms with E-state index in [2.05, 4.69) is 19.7 Å². The summed E-state index contributed by atoms with van der Waals surface area (Å²) < 4.78 is 21.4. The number of aromatic nitrogens is 3. The van der Waals surface area contributed by atoms with Gasteiger partial charge < -0.3 is 8.98 Å². The van der Waals surface area contributed by atoms with Crippen LogP contribution in [0.25, 0.3) is 15.8 Å². The molecule has 0 aliphatic carbocycles. The van der Waals surface area contributed by atoms with E-state index >= 15 is 0 Å². The van der Waals surface area contributed by atoms with Crippen LogP contribution in [0.2, 0.25) is 0 Å². The Kier molecular flexibility index (Phi) is 6.38. The zero-order chi connectivity index (χ0) is 22.5. The van der Waals surface area contributed by atoms with Crippen LogP contribution in [0.3, 0.4) is 0 Å². The van der Waals surface area contributed by atoms with Crippen LogP contribution in [-0.2, 0) is 19.6 Å². The summed E-state index contributed by atoms with van der Waals surface area (Å²) in [6.45, 7) is 11.3. The molecule has 162 valence electrons. The molecule has 0 unspecified atom stereocenters. The SMILES string of the molecule is [C-]#[N+]c1ccc2c(=O)c(CN(CCCn3ccnc3)Cc3ccnc(F)c3)coc2c1C. The van der Waals surface area contributed by atoms with Crippen molar-refractivity contribution in [2.75, 3.05) is 6.54 Å². The second-order valence-corrected chi connectivity index (χ2v) is 7.64. The third-order valence-electron chi connectivity index (χ3n) is 5.39. The van der Waals surface area contributed by atoms with Gasteiger partial charge in [-0.3, -0.25) is 9.69 Å². The highest BCUT2D eigenvalue weighted by atomic mass is 19.1. The Balaban J connectivity index is 1.59. The largest absolute Gasteiger partial charge is 0.465 e. The number of rotatable bonds is 8. The molecule has 0 spiro atoms. The molecule has 0 atom stereocenters. The van der Waals surface area contributed by atoms with Gasteiger partial charge in [0.25, 0.3) is 0 Å². The molecule has 0 amide bonds. The van der Waals surface area contributed by atoms with Crippen LogP contribution in [0.1, 0.15) is 23.1 Å². The van der Waals surface area contributed by atoms with E-state index in [-0.39, 0.29) is 5.43 Å². The van der Waals surface area contributed by atoms with E-state index in [1.54, 1.807) is 37.6 Å². The lowest BCUT2D eigenvalue weighted by Gasteiger charge is -2.22. The van der Waals surface area contributed by atoms with Gasteiger partial charge in [-0.1, -0.05) is 12.1 Å². The number of hydrogen-bond donors (Lipinski definition) is 0. The Hall–Kier alpha value is -3.83. The first kappa shape index (κ1) is 21.4.